The van der Waals surface area contributed by atoms with Crippen LogP contribution >= 0.6 is 11.6 Å². The molecule has 0 radical (unpaired) electrons. The fraction of sp³-hybridized carbons (Fsp3) is 0.571. The molecule has 0 amide bonds. The molecular formula is C14H20ClN3O2. The fourth-order valence-corrected chi connectivity index (χ4v) is 2.89. The van der Waals surface area contributed by atoms with Crippen LogP contribution in [0.4, 0.5) is 5.69 Å². The molecular weight excluding hydrogens is 278 g/mol. The van der Waals surface area contributed by atoms with Crippen LogP contribution in [0.5, 0.6) is 0 Å². The first-order valence-corrected chi connectivity index (χ1v) is 7.27. The first-order chi connectivity index (χ1) is 9.60. The highest BCUT2D eigenvalue weighted by molar-refractivity contribution is 6.30. The van der Waals surface area contributed by atoms with Gasteiger partial charge < -0.3 is 5.32 Å². The Morgan fingerprint density at radius 2 is 2.15 bits per heavy atom. The van der Waals surface area contributed by atoms with Gasteiger partial charge in [0.25, 0.3) is 5.69 Å². The van der Waals surface area contributed by atoms with Crippen LogP contribution in [0.25, 0.3) is 0 Å². The summed E-state index contributed by atoms with van der Waals surface area (Å²) in [7, 11) is 1.98. The second kappa shape index (κ2) is 7.02. The monoisotopic (exact) mass is 297 g/mol. The second-order valence-corrected chi connectivity index (χ2v) is 5.74. The molecule has 0 spiro atoms. The molecule has 2 rings (SSSR count). The first kappa shape index (κ1) is 15.2. The SMILES string of the molecule is CNCC1CCN(Cc2ccc(Cl)cc2[N+](=O)[O-])CC1. The second-order valence-electron chi connectivity index (χ2n) is 5.31. The normalized spacial score (nSPS) is 17.3. The lowest BCUT2D eigenvalue weighted by molar-refractivity contribution is -0.385. The zero-order valence-electron chi connectivity index (χ0n) is 11.6. The quantitative estimate of drug-likeness (QED) is 0.670. The molecule has 110 valence electrons. The van der Waals surface area contributed by atoms with Crippen molar-refractivity contribution in [3.05, 3.63) is 38.9 Å². The number of hydrogen-bond donors (Lipinski definition) is 1. The zero-order chi connectivity index (χ0) is 14.5. The highest BCUT2D eigenvalue weighted by Crippen LogP contribution is 2.26. The average molecular weight is 298 g/mol. The fourth-order valence-electron chi connectivity index (χ4n) is 2.72. The third-order valence-corrected chi connectivity index (χ3v) is 4.07. The summed E-state index contributed by atoms with van der Waals surface area (Å²) in [5.41, 5.74) is 0.862. The summed E-state index contributed by atoms with van der Waals surface area (Å²) >= 11 is 5.83. The molecule has 0 bridgehead atoms. The van der Waals surface area contributed by atoms with E-state index >= 15 is 0 Å². The topological polar surface area (TPSA) is 58.4 Å². The van der Waals surface area contributed by atoms with Gasteiger partial charge >= 0.3 is 0 Å². The van der Waals surface area contributed by atoms with E-state index in [0.717, 1.165) is 44.0 Å². The molecule has 5 nitrogen and oxygen atoms in total. The van der Waals surface area contributed by atoms with Crippen molar-refractivity contribution in [2.45, 2.75) is 19.4 Å². The first-order valence-electron chi connectivity index (χ1n) is 6.90. The van der Waals surface area contributed by atoms with Gasteiger partial charge in [-0.25, -0.2) is 0 Å². The minimum Gasteiger partial charge on any atom is -0.319 e. The number of benzene rings is 1. The van der Waals surface area contributed by atoms with E-state index in [2.05, 4.69) is 10.2 Å². The van der Waals surface area contributed by atoms with E-state index in [9.17, 15) is 10.1 Å². The highest BCUT2D eigenvalue weighted by Gasteiger charge is 2.21. The van der Waals surface area contributed by atoms with Gasteiger partial charge in [0.2, 0.25) is 0 Å². The Bertz CT molecular complexity index is 473. The predicted molar refractivity (Wildman–Crippen MR) is 80.0 cm³/mol. The minimum absolute atomic E-state index is 0.120. The lowest BCUT2D eigenvalue weighted by Gasteiger charge is -2.31. The Labute approximate surface area is 124 Å². The minimum atomic E-state index is -0.352. The lowest BCUT2D eigenvalue weighted by atomic mass is 9.96. The van der Waals surface area contributed by atoms with Gasteiger partial charge in [-0.3, -0.25) is 15.0 Å². The molecule has 1 N–H and O–H groups in total. The summed E-state index contributed by atoms with van der Waals surface area (Å²) in [6, 6.07) is 4.92. The molecule has 1 heterocycles. The van der Waals surface area contributed by atoms with E-state index in [1.54, 1.807) is 12.1 Å². The van der Waals surface area contributed by atoms with Gasteiger partial charge in [-0.15, -0.1) is 0 Å². The third-order valence-electron chi connectivity index (χ3n) is 3.84. The van der Waals surface area contributed by atoms with Gasteiger partial charge in [0, 0.05) is 23.2 Å². The number of nitrogens with zero attached hydrogens (tertiary/aromatic N) is 2. The van der Waals surface area contributed by atoms with Crippen LogP contribution in [0.2, 0.25) is 5.02 Å². The molecule has 1 saturated heterocycles. The molecule has 0 atom stereocenters. The zero-order valence-corrected chi connectivity index (χ0v) is 12.4. The Balaban J connectivity index is 1.99. The largest absolute Gasteiger partial charge is 0.319 e. The molecule has 0 saturated carbocycles. The van der Waals surface area contributed by atoms with Crippen molar-refractivity contribution in [1.29, 1.82) is 0 Å². The van der Waals surface area contributed by atoms with E-state index in [4.69, 9.17) is 11.6 Å². The molecule has 20 heavy (non-hydrogen) atoms. The van der Waals surface area contributed by atoms with Crippen LogP contribution in [0.15, 0.2) is 18.2 Å². The van der Waals surface area contributed by atoms with Crippen LogP contribution in [0.1, 0.15) is 18.4 Å². The maximum atomic E-state index is 11.1. The molecule has 1 aliphatic heterocycles. The van der Waals surface area contributed by atoms with Gasteiger partial charge in [-0.2, -0.15) is 0 Å². The van der Waals surface area contributed by atoms with Gasteiger partial charge in [0.15, 0.2) is 0 Å². The van der Waals surface area contributed by atoms with Gasteiger partial charge in [0.05, 0.1) is 4.92 Å². The summed E-state index contributed by atoms with van der Waals surface area (Å²) in [6.45, 7) is 3.66. The molecule has 6 heteroatoms. The summed E-state index contributed by atoms with van der Waals surface area (Å²) < 4.78 is 0. The van der Waals surface area contributed by atoms with Crippen LogP contribution in [0, 0.1) is 16.0 Å². The van der Waals surface area contributed by atoms with Crippen molar-refractivity contribution >= 4 is 17.3 Å². The summed E-state index contributed by atoms with van der Waals surface area (Å²) in [4.78, 5) is 13.0. The van der Waals surface area contributed by atoms with Gasteiger partial charge in [-0.05, 0) is 57.6 Å². The highest BCUT2D eigenvalue weighted by atomic mass is 35.5. The number of nitrogens with one attached hydrogen (secondary N) is 1. The van der Waals surface area contributed by atoms with Crippen molar-refractivity contribution in [3.63, 3.8) is 0 Å². The molecule has 0 aliphatic carbocycles. The number of nitro groups is 1. The van der Waals surface area contributed by atoms with Crippen LogP contribution in [0.3, 0.4) is 0 Å². The Morgan fingerprint density at radius 3 is 2.75 bits per heavy atom. The van der Waals surface area contributed by atoms with E-state index in [-0.39, 0.29) is 10.6 Å². The summed E-state index contributed by atoms with van der Waals surface area (Å²) in [5, 5.41) is 14.7. The van der Waals surface area contributed by atoms with Crippen LogP contribution in [-0.4, -0.2) is 36.5 Å². The van der Waals surface area contributed by atoms with Crippen molar-refractivity contribution in [1.82, 2.24) is 10.2 Å². The Morgan fingerprint density at radius 1 is 1.45 bits per heavy atom. The van der Waals surface area contributed by atoms with E-state index in [1.165, 1.54) is 6.07 Å². The maximum absolute atomic E-state index is 11.1. The van der Waals surface area contributed by atoms with Gasteiger partial charge in [0.1, 0.15) is 0 Å². The van der Waals surface area contributed by atoms with E-state index in [1.807, 2.05) is 7.05 Å². The van der Waals surface area contributed by atoms with Crippen molar-refractivity contribution < 1.29 is 4.92 Å². The molecule has 0 unspecified atom stereocenters. The number of likely N-dealkylation sites (tertiary alicyclic amines) is 1. The van der Waals surface area contributed by atoms with Crippen molar-refractivity contribution in [2.75, 3.05) is 26.7 Å². The Hall–Kier alpha value is -1.17. The molecule has 1 aromatic rings. The van der Waals surface area contributed by atoms with Crippen molar-refractivity contribution in [2.24, 2.45) is 5.92 Å². The summed E-state index contributed by atoms with van der Waals surface area (Å²) in [5.74, 6) is 0.719. The van der Waals surface area contributed by atoms with Crippen molar-refractivity contribution in [3.8, 4) is 0 Å². The number of piperidine rings is 1. The van der Waals surface area contributed by atoms with E-state index < -0.39 is 0 Å². The average Bonchev–Trinajstić information content (AvgIpc) is 2.43. The molecule has 1 aliphatic rings. The number of nitro benzene ring substituents is 1. The number of halogens is 1. The van der Waals surface area contributed by atoms with E-state index in [0.29, 0.717) is 11.6 Å². The third kappa shape index (κ3) is 3.91. The maximum Gasteiger partial charge on any atom is 0.275 e. The van der Waals surface area contributed by atoms with Crippen LogP contribution in [-0.2, 0) is 6.54 Å². The molecule has 0 aromatic heterocycles. The number of rotatable bonds is 5. The number of hydrogen-bond acceptors (Lipinski definition) is 4. The molecule has 1 aromatic carbocycles. The smallest absolute Gasteiger partial charge is 0.275 e. The lowest BCUT2D eigenvalue weighted by Crippen LogP contribution is -2.36. The standard InChI is InChI=1S/C14H20ClN3O2/c1-16-9-11-4-6-17(7-5-11)10-12-2-3-13(15)8-14(12)18(19)20/h2-3,8,11,16H,4-7,9-10H2,1H3. The predicted octanol–water partition coefficient (Wildman–Crippen LogP) is 2.68. The summed E-state index contributed by atoms with van der Waals surface area (Å²) in [6.07, 6.45) is 2.28. The Kier molecular flexibility index (Phi) is 5.34. The van der Waals surface area contributed by atoms with Gasteiger partial charge in [-0.1, -0.05) is 11.6 Å². The van der Waals surface area contributed by atoms with Crippen LogP contribution < -0.4 is 5.32 Å². The molecule has 1 fully saturated rings.